The van der Waals surface area contributed by atoms with Crippen LogP contribution in [0.5, 0.6) is 0 Å². The largest absolute Gasteiger partial charge is 0.478 e. The maximum atomic E-state index is 12.2. The van der Waals surface area contributed by atoms with Gasteiger partial charge in [-0.25, -0.2) is 9.78 Å². The molecule has 8 heteroatoms. The highest BCUT2D eigenvalue weighted by Crippen LogP contribution is 2.31. The fourth-order valence-electron chi connectivity index (χ4n) is 2.48. The second-order valence-electron chi connectivity index (χ2n) is 5.70. The molecule has 0 saturated carbocycles. The van der Waals surface area contributed by atoms with E-state index >= 15 is 0 Å². The molecule has 0 radical (unpaired) electrons. The van der Waals surface area contributed by atoms with Crippen molar-refractivity contribution in [1.29, 1.82) is 0 Å². The third-order valence-electron chi connectivity index (χ3n) is 3.71. The molecule has 0 aliphatic carbocycles. The molecular formula is C18H16ClN3O3S. The minimum Gasteiger partial charge on any atom is -0.478 e. The van der Waals surface area contributed by atoms with E-state index < -0.39 is 5.97 Å². The van der Waals surface area contributed by atoms with E-state index in [2.05, 4.69) is 10.3 Å². The zero-order chi connectivity index (χ0) is 18.7. The summed E-state index contributed by atoms with van der Waals surface area (Å²) in [6.45, 7) is 0. The van der Waals surface area contributed by atoms with Crippen LogP contribution in [-0.4, -0.2) is 26.5 Å². The van der Waals surface area contributed by atoms with Gasteiger partial charge < -0.3 is 15.0 Å². The van der Waals surface area contributed by atoms with Gasteiger partial charge in [-0.3, -0.25) is 4.79 Å². The number of aromatic carboxylic acids is 1. The van der Waals surface area contributed by atoms with Gasteiger partial charge >= 0.3 is 5.97 Å². The van der Waals surface area contributed by atoms with Crippen LogP contribution in [0.2, 0.25) is 5.15 Å². The first-order valence-electron chi connectivity index (χ1n) is 7.84. The van der Waals surface area contributed by atoms with Crippen LogP contribution >= 0.6 is 22.9 Å². The molecule has 2 heterocycles. The van der Waals surface area contributed by atoms with Crippen molar-refractivity contribution in [2.45, 2.75) is 12.8 Å². The van der Waals surface area contributed by atoms with Crippen LogP contribution in [0.4, 0.5) is 5.69 Å². The number of rotatable bonds is 6. The molecule has 26 heavy (non-hydrogen) atoms. The minimum atomic E-state index is -1.08. The summed E-state index contributed by atoms with van der Waals surface area (Å²) >= 11 is 7.65. The Kier molecular flexibility index (Phi) is 5.39. The predicted molar refractivity (Wildman–Crippen MR) is 102 cm³/mol. The van der Waals surface area contributed by atoms with Crippen molar-refractivity contribution in [1.82, 2.24) is 9.55 Å². The summed E-state index contributed by atoms with van der Waals surface area (Å²) in [5, 5.41) is 13.0. The number of carboxylic acid groups (broad SMARTS) is 1. The Hall–Kier alpha value is -2.64. The van der Waals surface area contributed by atoms with Gasteiger partial charge in [-0.05, 0) is 6.42 Å². The number of amides is 1. The molecule has 3 rings (SSSR count). The number of carbonyl (C=O) groups excluding carboxylic acids is 1. The van der Waals surface area contributed by atoms with Gasteiger partial charge in [-0.2, -0.15) is 0 Å². The Morgan fingerprint density at radius 2 is 2.00 bits per heavy atom. The average molecular weight is 390 g/mol. The van der Waals surface area contributed by atoms with Crippen LogP contribution in [0.3, 0.4) is 0 Å². The smallest absolute Gasteiger partial charge is 0.339 e. The van der Waals surface area contributed by atoms with E-state index in [0.29, 0.717) is 11.6 Å². The molecule has 0 aliphatic heterocycles. The highest BCUT2D eigenvalue weighted by molar-refractivity contribution is 7.15. The van der Waals surface area contributed by atoms with Crippen molar-refractivity contribution in [3.63, 3.8) is 0 Å². The number of hydrogen-bond donors (Lipinski definition) is 2. The lowest BCUT2D eigenvalue weighted by Crippen LogP contribution is -2.13. The van der Waals surface area contributed by atoms with Crippen molar-refractivity contribution >= 4 is 40.5 Å². The maximum absolute atomic E-state index is 12.2. The molecule has 134 valence electrons. The third-order valence-corrected chi connectivity index (χ3v) is 5.30. The lowest BCUT2D eigenvalue weighted by Gasteiger charge is -2.03. The zero-order valence-electron chi connectivity index (χ0n) is 13.9. The number of thiazole rings is 1. The number of halogens is 1. The lowest BCUT2D eigenvalue weighted by molar-refractivity contribution is -0.116. The molecule has 0 fully saturated rings. The summed E-state index contributed by atoms with van der Waals surface area (Å²) in [6.07, 6.45) is 3.63. The molecule has 3 aromatic rings. The Morgan fingerprint density at radius 1 is 1.27 bits per heavy atom. The predicted octanol–water partition coefficient (Wildman–Crippen LogP) is 4.07. The molecule has 0 spiro atoms. The second kappa shape index (κ2) is 7.72. The summed E-state index contributed by atoms with van der Waals surface area (Å²) in [6, 6.07) is 9.69. The number of anilines is 1. The highest BCUT2D eigenvalue weighted by atomic mass is 35.5. The molecule has 2 N–H and O–H groups in total. The summed E-state index contributed by atoms with van der Waals surface area (Å²) < 4.78 is 1.59. The standard InChI is InChI=1S/C18H16ClN3O3S/c1-22-9-12(18(24)25)13(10-22)20-15(23)8-7-14-16(19)21-17(26-14)11-5-3-2-4-6-11/h2-6,9-10H,7-8H2,1H3,(H,20,23)(H,24,25). The highest BCUT2D eigenvalue weighted by Gasteiger charge is 2.16. The fourth-order valence-corrected chi connectivity index (χ4v) is 3.79. The topological polar surface area (TPSA) is 84.2 Å². The van der Waals surface area contributed by atoms with Gasteiger partial charge in [0.25, 0.3) is 0 Å². The van der Waals surface area contributed by atoms with Crippen LogP contribution < -0.4 is 5.32 Å². The summed E-state index contributed by atoms with van der Waals surface area (Å²) in [5.74, 6) is -1.36. The van der Waals surface area contributed by atoms with Crippen LogP contribution in [0.25, 0.3) is 10.6 Å². The number of aryl methyl sites for hydroxylation is 2. The van der Waals surface area contributed by atoms with Crippen molar-refractivity contribution < 1.29 is 14.7 Å². The number of nitrogens with zero attached hydrogens (tertiary/aromatic N) is 2. The molecular weight excluding hydrogens is 374 g/mol. The van der Waals surface area contributed by atoms with Gasteiger partial charge in [0, 0.05) is 36.3 Å². The van der Waals surface area contributed by atoms with Gasteiger partial charge in [0.05, 0.1) is 5.69 Å². The van der Waals surface area contributed by atoms with E-state index in [9.17, 15) is 9.59 Å². The van der Waals surface area contributed by atoms with Crippen LogP contribution in [-0.2, 0) is 18.3 Å². The maximum Gasteiger partial charge on any atom is 0.339 e. The van der Waals surface area contributed by atoms with Crippen molar-refractivity contribution in [3.8, 4) is 10.6 Å². The van der Waals surface area contributed by atoms with Crippen molar-refractivity contribution in [2.75, 3.05) is 5.32 Å². The molecule has 1 aromatic carbocycles. The van der Waals surface area contributed by atoms with E-state index in [1.54, 1.807) is 17.8 Å². The zero-order valence-corrected chi connectivity index (χ0v) is 15.5. The Labute approximate surface area is 159 Å². The van der Waals surface area contributed by atoms with E-state index in [4.69, 9.17) is 16.7 Å². The van der Waals surface area contributed by atoms with Crippen LogP contribution in [0.15, 0.2) is 42.7 Å². The van der Waals surface area contributed by atoms with Gasteiger partial charge in [-0.15, -0.1) is 11.3 Å². The van der Waals surface area contributed by atoms with Gasteiger partial charge in [0.2, 0.25) is 5.91 Å². The van der Waals surface area contributed by atoms with E-state index in [0.717, 1.165) is 15.4 Å². The number of nitrogens with one attached hydrogen (secondary N) is 1. The summed E-state index contributed by atoms with van der Waals surface area (Å²) in [5.41, 5.74) is 1.32. The molecule has 0 atom stereocenters. The van der Waals surface area contributed by atoms with E-state index in [-0.39, 0.29) is 23.6 Å². The molecule has 6 nitrogen and oxygen atoms in total. The quantitative estimate of drug-likeness (QED) is 0.665. The summed E-state index contributed by atoms with van der Waals surface area (Å²) in [4.78, 5) is 28.6. The number of hydrogen-bond acceptors (Lipinski definition) is 4. The first kappa shape index (κ1) is 18.2. The molecule has 0 bridgehead atoms. The fraction of sp³-hybridized carbons (Fsp3) is 0.167. The first-order valence-corrected chi connectivity index (χ1v) is 9.03. The molecule has 0 unspecified atom stereocenters. The second-order valence-corrected chi connectivity index (χ2v) is 7.15. The number of carboxylic acids is 1. The summed E-state index contributed by atoms with van der Waals surface area (Å²) in [7, 11) is 1.70. The number of benzene rings is 1. The normalized spacial score (nSPS) is 10.7. The van der Waals surface area contributed by atoms with E-state index in [1.165, 1.54) is 17.5 Å². The minimum absolute atomic E-state index is 0.0584. The van der Waals surface area contributed by atoms with Gasteiger partial charge in [-0.1, -0.05) is 41.9 Å². The number of aromatic nitrogens is 2. The Bertz CT molecular complexity index is 950. The van der Waals surface area contributed by atoms with Gasteiger partial charge in [0.15, 0.2) is 0 Å². The molecule has 0 aliphatic rings. The van der Waals surface area contributed by atoms with Crippen LogP contribution in [0.1, 0.15) is 21.7 Å². The average Bonchev–Trinajstić information content (AvgIpc) is 3.16. The monoisotopic (exact) mass is 389 g/mol. The SMILES string of the molecule is Cn1cc(NC(=O)CCc2sc(-c3ccccc3)nc2Cl)c(C(=O)O)c1. The Balaban J connectivity index is 1.65. The lowest BCUT2D eigenvalue weighted by atomic mass is 10.2. The van der Waals surface area contributed by atoms with E-state index in [1.807, 2.05) is 30.3 Å². The number of carbonyl (C=O) groups is 2. The first-order chi connectivity index (χ1) is 12.4. The van der Waals surface area contributed by atoms with Gasteiger partial charge in [0.1, 0.15) is 15.7 Å². The Morgan fingerprint density at radius 3 is 2.69 bits per heavy atom. The van der Waals surface area contributed by atoms with Crippen molar-refractivity contribution in [2.24, 2.45) is 7.05 Å². The third kappa shape index (κ3) is 4.12. The molecule has 1 amide bonds. The molecule has 2 aromatic heterocycles. The van der Waals surface area contributed by atoms with Crippen LogP contribution in [0, 0.1) is 0 Å². The molecule has 0 saturated heterocycles. The van der Waals surface area contributed by atoms with Crippen molar-refractivity contribution in [3.05, 3.63) is 58.3 Å².